The fraction of sp³-hybridized carbons (Fsp3) is 0.0952. The van der Waals surface area contributed by atoms with Crippen molar-refractivity contribution in [3.05, 3.63) is 83.9 Å². The molecule has 31 heavy (non-hydrogen) atoms. The van der Waals surface area contributed by atoms with E-state index in [2.05, 4.69) is 0 Å². The first kappa shape index (κ1) is 22.3. The van der Waals surface area contributed by atoms with Gasteiger partial charge in [-0.2, -0.15) is 12.7 Å². The number of carbonyl (C=O) groups is 1. The van der Waals surface area contributed by atoms with Crippen molar-refractivity contribution < 1.29 is 25.8 Å². The highest BCUT2D eigenvalue weighted by Crippen LogP contribution is 2.27. The Morgan fingerprint density at radius 1 is 0.806 bits per heavy atom. The van der Waals surface area contributed by atoms with Crippen LogP contribution in [-0.2, 0) is 20.1 Å². The molecule has 162 valence electrons. The fourth-order valence-electron chi connectivity index (χ4n) is 2.78. The SMILES string of the molecule is Cc1ccc(S(=O)(=O)N(C(N)=O)c2ccc(OS(=O)(=O)c3cccc(C)c3)cc2)cc1. The number of nitrogens with two attached hydrogens (primary N) is 1. The molecule has 2 N–H and O–H groups in total. The van der Waals surface area contributed by atoms with E-state index in [0.717, 1.165) is 11.1 Å². The van der Waals surface area contributed by atoms with Gasteiger partial charge in [-0.15, -0.1) is 0 Å². The molecule has 0 spiro atoms. The Labute approximate surface area is 181 Å². The molecule has 0 atom stereocenters. The number of rotatable bonds is 6. The largest absolute Gasteiger partial charge is 0.379 e. The van der Waals surface area contributed by atoms with Crippen LogP contribution in [0.4, 0.5) is 10.5 Å². The molecule has 0 fully saturated rings. The molecule has 0 saturated heterocycles. The third-order valence-electron chi connectivity index (χ3n) is 4.31. The first-order chi connectivity index (χ1) is 14.5. The van der Waals surface area contributed by atoms with E-state index < -0.39 is 26.2 Å². The van der Waals surface area contributed by atoms with Gasteiger partial charge in [0.25, 0.3) is 10.0 Å². The maximum atomic E-state index is 12.9. The highest BCUT2D eigenvalue weighted by molar-refractivity contribution is 7.93. The average Bonchev–Trinajstić information content (AvgIpc) is 2.69. The third-order valence-corrected chi connectivity index (χ3v) is 7.30. The van der Waals surface area contributed by atoms with Gasteiger partial charge < -0.3 is 9.92 Å². The van der Waals surface area contributed by atoms with E-state index in [0.29, 0.717) is 4.31 Å². The zero-order valence-electron chi connectivity index (χ0n) is 16.7. The van der Waals surface area contributed by atoms with Crippen LogP contribution in [0.5, 0.6) is 5.75 Å². The van der Waals surface area contributed by atoms with Crippen LogP contribution >= 0.6 is 0 Å². The molecule has 0 aliphatic heterocycles. The number of amides is 2. The number of urea groups is 1. The van der Waals surface area contributed by atoms with Gasteiger partial charge in [0.05, 0.1) is 10.6 Å². The highest BCUT2D eigenvalue weighted by atomic mass is 32.2. The smallest absolute Gasteiger partial charge is 0.339 e. The maximum absolute atomic E-state index is 12.9. The van der Waals surface area contributed by atoms with Gasteiger partial charge in [-0.05, 0) is 67.9 Å². The van der Waals surface area contributed by atoms with E-state index in [1.165, 1.54) is 48.5 Å². The summed E-state index contributed by atoms with van der Waals surface area (Å²) in [5.74, 6) is -0.0533. The van der Waals surface area contributed by atoms with E-state index in [4.69, 9.17) is 9.92 Å². The predicted octanol–water partition coefficient (Wildman–Crippen LogP) is 3.35. The van der Waals surface area contributed by atoms with Crippen LogP contribution in [0.1, 0.15) is 11.1 Å². The Morgan fingerprint density at radius 2 is 1.42 bits per heavy atom. The molecule has 0 aromatic heterocycles. The monoisotopic (exact) mass is 460 g/mol. The summed E-state index contributed by atoms with van der Waals surface area (Å²) >= 11 is 0. The van der Waals surface area contributed by atoms with Crippen LogP contribution in [0.2, 0.25) is 0 Å². The van der Waals surface area contributed by atoms with Crippen molar-refractivity contribution in [3.8, 4) is 5.75 Å². The molecule has 3 aromatic carbocycles. The third kappa shape index (κ3) is 4.86. The highest BCUT2D eigenvalue weighted by Gasteiger charge is 2.29. The second kappa shape index (κ2) is 8.40. The molecule has 0 heterocycles. The number of carbonyl (C=O) groups excluding carboxylic acids is 1. The summed E-state index contributed by atoms with van der Waals surface area (Å²) in [6, 6.07) is 15.9. The van der Waals surface area contributed by atoms with E-state index in [9.17, 15) is 21.6 Å². The average molecular weight is 461 g/mol. The standard InChI is InChI=1S/C21H20N2O6S2/c1-15-6-12-19(13-7-15)30(25,26)23(21(22)24)17-8-10-18(11-9-17)29-31(27,28)20-5-3-4-16(2)14-20/h3-14H,1-2H3,(H2,22,24). The van der Waals surface area contributed by atoms with Gasteiger partial charge in [0, 0.05) is 0 Å². The Kier molecular flexibility index (Phi) is 6.05. The molecular formula is C21H20N2O6S2. The van der Waals surface area contributed by atoms with Gasteiger partial charge in [0.1, 0.15) is 10.6 Å². The summed E-state index contributed by atoms with van der Waals surface area (Å²) in [6.45, 7) is 3.55. The number of hydrogen-bond donors (Lipinski definition) is 1. The number of hydrogen-bond acceptors (Lipinski definition) is 6. The van der Waals surface area contributed by atoms with E-state index in [-0.39, 0.29) is 21.2 Å². The van der Waals surface area contributed by atoms with Gasteiger partial charge in [0.2, 0.25) is 0 Å². The summed E-state index contributed by atoms with van der Waals surface area (Å²) in [4.78, 5) is 11.8. The van der Waals surface area contributed by atoms with Crippen LogP contribution in [0, 0.1) is 13.8 Å². The van der Waals surface area contributed by atoms with Crippen LogP contribution in [0.25, 0.3) is 0 Å². The van der Waals surface area contributed by atoms with Crippen LogP contribution in [-0.4, -0.2) is 22.9 Å². The van der Waals surface area contributed by atoms with Crippen molar-refractivity contribution in [2.75, 3.05) is 4.31 Å². The zero-order chi connectivity index (χ0) is 22.8. The van der Waals surface area contributed by atoms with E-state index in [1.54, 1.807) is 38.1 Å². The lowest BCUT2D eigenvalue weighted by atomic mass is 10.2. The maximum Gasteiger partial charge on any atom is 0.339 e. The van der Waals surface area contributed by atoms with Crippen molar-refractivity contribution in [2.24, 2.45) is 5.73 Å². The lowest BCUT2D eigenvalue weighted by Crippen LogP contribution is -2.40. The normalized spacial score (nSPS) is 11.7. The van der Waals surface area contributed by atoms with Crippen molar-refractivity contribution in [3.63, 3.8) is 0 Å². The summed E-state index contributed by atoms with van der Waals surface area (Å²) < 4.78 is 56.3. The van der Waals surface area contributed by atoms with Crippen molar-refractivity contribution in [1.29, 1.82) is 0 Å². The molecule has 0 saturated carbocycles. The number of nitrogens with zero attached hydrogens (tertiary/aromatic N) is 1. The van der Waals surface area contributed by atoms with Gasteiger partial charge >= 0.3 is 16.1 Å². The molecule has 8 nitrogen and oxygen atoms in total. The molecular weight excluding hydrogens is 440 g/mol. The second-order valence-electron chi connectivity index (χ2n) is 6.77. The molecule has 0 aliphatic rings. The first-order valence-electron chi connectivity index (χ1n) is 9.03. The molecule has 0 bridgehead atoms. The summed E-state index contributed by atoms with van der Waals surface area (Å²) in [6.07, 6.45) is 0. The van der Waals surface area contributed by atoms with Gasteiger partial charge in [-0.3, -0.25) is 0 Å². The van der Waals surface area contributed by atoms with Gasteiger partial charge in [-0.25, -0.2) is 13.2 Å². The topological polar surface area (TPSA) is 124 Å². The molecule has 3 aromatic rings. The van der Waals surface area contributed by atoms with Crippen LogP contribution in [0.15, 0.2) is 82.6 Å². The van der Waals surface area contributed by atoms with E-state index in [1.807, 2.05) is 0 Å². The minimum atomic E-state index is -4.27. The molecule has 10 heteroatoms. The number of anilines is 1. The van der Waals surface area contributed by atoms with Crippen LogP contribution < -0.4 is 14.2 Å². The summed E-state index contributed by atoms with van der Waals surface area (Å²) in [5, 5.41) is 0. The number of benzene rings is 3. The lowest BCUT2D eigenvalue weighted by molar-refractivity contribution is 0.257. The molecule has 2 amide bonds. The molecule has 3 rings (SSSR count). The van der Waals surface area contributed by atoms with Crippen molar-refractivity contribution >= 4 is 31.9 Å². The Balaban J connectivity index is 1.91. The minimum absolute atomic E-state index is 0.0164. The minimum Gasteiger partial charge on any atom is -0.379 e. The molecule has 0 radical (unpaired) electrons. The predicted molar refractivity (Wildman–Crippen MR) is 116 cm³/mol. The van der Waals surface area contributed by atoms with Crippen molar-refractivity contribution in [1.82, 2.24) is 0 Å². The van der Waals surface area contributed by atoms with Crippen LogP contribution in [0.3, 0.4) is 0 Å². The van der Waals surface area contributed by atoms with E-state index >= 15 is 0 Å². The number of primary amides is 1. The summed E-state index contributed by atoms with van der Waals surface area (Å²) in [7, 11) is -8.35. The first-order valence-corrected chi connectivity index (χ1v) is 11.9. The van der Waals surface area contributed by atoms with Gasteiger partial charge in [0.15, 0.2) is 0 Å². The molecule has 0 unspecified atom stereocenters. The zero-order valence-corrected chi connectivity index (χ0v) is 18.4. The Hall–Kier alpha value is -3.37. The quantitative estimate of drug-likeness (QED) is 0.563. The Bertz CT molecular complexity index is 1320. The number of aryl methyl sites for hydroxylation is 2. The lowest BCUT2D eigenvalue weighted by Gasteiger charge is -2.20. The number of sulfonamides is 1. The van der Waals surface area contributed by atoms with Gasteiger partial charge in [-0.1, -0.05) is 29.8 Å². The Morgan fingerprint density at radius 3 is 1.97 bits per heavy atom. The fourth-order valence-corrected chi connectivity index (χ4v) is 5.15. The van der Waals surface area contributed by atoms with Crippen molar-refractivity contribution in [2.45, 2.75) is 23.6 Å². The molecule has 0 aliphatic carbocycles. The second-order valence-corrected chi connectivity index (χ2v) is 10.1. The summed E-state index contributed by atoms with van der Waals surface area (Å²) in [5.41, 5.74) is 6.87.